The van der Waals surface area contributed by atoms with E-state index in [1.807, 2.05) is 20.8 Å². The van der Waals surface area contributed by atoms with E-state index in [0.717, 1.165) is 32.7 Å². The van der Waals surface area contributed by atoms with Crippen LogP contribution in [-0.4, -0.2) is 55.0 Å². The molecule has 5 nitrogen and oxygen atoms in total. The van der Waals surface area contributed by atoms with Gasteiger partial charge < -0.3 is 19.7 Å². The maximum atomic E-state index is 12.1. The van der Waals surface area contributed by atoms with E-state index in [-0.39, 0.29) is 12.1 Å². The molecular formula is C19H36N2O3. The topological polar surface area (TPSA) is 50.8 Å². The van der Waals surface area contributed by atoms with Crippen LogP contribution in [0.1, 0.15) is 66.2 Å². The van der Waals surface area contributed by atoms with E-state index in [4.69, 9.17) is 9.47 Å². The van der Waals surface area contributed by atoms with Crippen molar-refractivity contribution in [2.75, 3.05) is 26.2 Å². The first-order chi connectivity index (χ1) is 11.4. The number of amides is 1. The Morgan fingerprint density at radius 1 is 1.17 bits per heavy atom. The highest BCUT2D eigenvalue weighted by atomic mass is 16.6. The number of nitrogens with zero attached hydrogens (tertiary/aromatic N) is 1. The van der Waals surface area contributed by atoms with Crippen LogP contribution >= 0.6 is 0 Å². The molecule has 0 radical (unpaired) electrons. The SMILES string of the molecule is CCO[C@@H]1CCCN(C[C@@H]2CCCC[C@H]2NC(=O)OC(C)(C)C)C1. The number of hydrogen-bond donors (Lipinski definition) is 1. The molecule has 3 atom stereocenters. The first-order valence-corrected chi connectivity index (χ1v) is 9.71. The van der Waals surface area contributed by atoms with Gasteiger partial charge in [-0.15, -0.1) is 0 Å². The number of hydrogen-bond acceptors (Lipinski definition) is 4. The second kappa shape index (κ2) is 9.04. The van der Waals surface area contributed by atoms with E-state index in [1.54, 1.807) is 0 Å². The van der Waals surface area contributed by atoms with Gasteiger partial charge in [-0.25, -0.2) is 4.79 Å². The van der Waals surface area contributed by atoms with Gasteiger partial charge >= 0.3 is 6.09 Å². The van der Waals surface area contributed by atoms with Crippen molar-refractivity contribution >= 4 is 6.09 Å². The molecule has 1 aliphatic heterocycles. The van der Waals surface area contributed by atoms with Gasteiger partial charge in [0.25, 0.3) is 0 Å². The predicted molar refractivity (Wildman–Crippen MR) is 96.2 cm³/mol. The van der Waals surface area contributed by atoms with Crippen LogP contribution in [0.3, 0.4) is 0 Å². The van der Waals surface area contributed by atoms with Crippen LogP contribution in [0.25, 0.3) is 0 Å². The van der Waals surface area contributed by atoms with Gasteiger partial charge in [0, 0.05) is 25.7 Å². The fourth-order valence-corrected chi connectivity index (χ4v) is 3.96. The molecule has 2 rings (SSSR count). The van der Waals surface area contributed by atoms with Crippen molar-refractivity contribution < 1.29 is 14.3 Å². The Hall–Kier alpha value is -0.810. The van der Waals surface area contributed by atoms with Gasteiger partial charge in [0.15, 0.2) is 0 Å². The second-order valence-electron chi connectivity index (χ2n) is 8.28. The van der Waals surface area contributed by atoms with Crippen LogP contribution in [0.15, 0.2) is 0 Å². The maximum Gasteiger partial charge on any atom is 0.407 e. The molecule has 2 aliphatic rings. The summed E-state index contributed by atoms with van der Waals surface area (Å²) in [5.74, 6) is 0.520. The number of nitrogens with one attached hydrogen (secondary N) is 1. The zero-order chi connectivity index (χ0) is 17.6. The molecule has 24 heavy (non-hydrogen) atoms. The highest BCUT2D eigenvalue weighted by Gasteiger charge is 2.31. The minimum absolute atomic E-state index is 0.237. The molecule has 0 unspecified atom stereocenters. The monoisotopic (exact) mass is 340 g/mol. The Balaban J connectivity index is 1.85. The third-order valence-corrected chi connectivity index (χ3v) is 4.97. The third kappa shape index (κ3) is 6.60. The first-order valence-electron chi connectivity index (χ1n) is 9.71. The largest absolute Gasteiger partial charge is 0.444 e. The van der Waals surface area contributed by atoms with Crippen molar-refractivity contribution in [1.29, 1.82) is 0 Å². The van der Waals surface area contributed by atoms with Crippen LogP contribution in [0.5, 0.6) is 0 Å². The van der Waals surface area contributed by atoms with E-state index >= 15 is 0 Å². The lowest BCUT2D eigenvalue weighted by Gasteiger charge is -2.39. The lowest BCUT2D eigenvalue weighted by Crippen LogP contribution is -2.50. The summed E-state index contributed by atoms with van der Waals surface area (Å²) >= 11 is 0. The standard InChI is InChI=1S/C19H36N2O3/c1-5-23-16-10-8-12-21(14-16)13-15-9-6-7-11-17(15)20-18(22)24-19(2,3)4/h15-17H,5-14H2,1-4H3,(H,20,22)/t15-,16+,17+/m0/s1. The van der Waals surface area contributed by atoms with E-state index < -0.39 is 5.60 Å². The van der Waals surface area contributed by atoms with Crippen LogP contribution in [0.4, 0.5) is 4.79 Å². The highest BCUT2D eigenvalue weighted by molar-refractivity contribution is 5.68. The van der Waals surface area contributed by atoms with E-state index in [9.17, 15) is 4.79 Å². The lowest BCUT2D eigenvalue weighted by atomic mass is 9.84. The fourth-order valence-electron chi connectivity index (χ4n) is 3.96. The number of ether oxygens (including phenoxy) is 2. The van der Waals surface area contributed by atoms with Crippen molar-refractivity contribution in [2.24, 2.45) is 5.92 Å². The minimum atomic E-state index is -0.439. The molecule has 1 saturated heterocycles. The number of alkyl carbamates (subject to hydrolysis) is 1. The first kappa shape index (κ1) is 19.5. The van der Waals surface area contributed by atoms with Crippen LogP contribution in [0.2, 0.25) is 0 Å². The normalized spacial score (nSPS) is 29.2. The summed E-state index contributed by atoms with van der Waals surface area (Å²) in [6.45, 7) is 11.8. The number of likely N-dealkylation sites (tertiary alicyclic amines) is 1. The molecule has 1 amide bonds. The zero-order valence-corrected chi connectivity index (χ0v) is 16.0. The van der Waals surface area contributed by atoms with Crippen molar-refractivity contribution in [3.63, 3.8) is 0 Å². The fraction of sp³-hybridized carbons (Fsp3) is 0.947. The van der Waals surface area contributed by atoms with Gasteiger partial charge in [-0.1, -0.05) is 12.8 Å². The van der Waals surface area contributed by atoms with E-state index in [2.05, 4.69) is 17.1 Å². The highest BCUT2D eigenvalue weighted by Crippen LogP contribution is 2.27. The summed E-state index contributed by atoms with van der Waals surface area (Å²) in [7, 11) is 0. The number of carbonyl (C=O) groups is 1. The Kier molecular flexibility index (Phi) is 7.35. The molecule has 0 aromatic rings. The molecule has 1 N–H and O–H groups in total. The lowest BCUT2D eigenvalue weighted by molar-refractivity contribution is -0.00240. The molecule has 2 fully saturated rings. The van der Waals surface area contributed by atoms with Crippen LogP contribution in [-0.2, 0) is 9.47 Å². The quantitative estimate of drug-likeness (QED) is 0.831. The Morgan fingerprint density at radius 3 is 2.62 bits per heavy atom. The van der Waals surface area contributed by atoms with Crippen molar-refractivity contribution in [3.8, 4) is 0 Å². The van der Waals surface area contributed by atoms with Gasteiger partial charge in [-0.05, 0) is 65.8 Å². The van der Waals surface area contributed by atoms with E-state index in [1.165, 1.54) is 32.1 Å². The van der Waals surface area contributed by atoms with Crippen molar-refractivity contribution in [3.05, 3.63) is 0 Å². The molecule has 140 valence electrons. The third-order valence-electron chi connectivity index (χ3n) is 4.97. The number of carbonyl (C=O) groups excluding carboxylic acids is 1. The molecule has 0 spiro atoms. The van der Waals surface area contributed by atoms with Crippen LogP contribution < -0.4 is 5.32 Å². The Labute approximate surface area is 147 Å². The molecule has 1 heterocycles. The molecule has 0 aromatic carbocycles. The summed E-state index contributed by atoms with van der Waals surface area (Å²) in [4.78, 5) is 14.7. The summed E-state index contributed by atoms with van der Waals surface area (Å²) in [5, 5.41) is 3.13. The van der Waals surface area contributed by atoms with Gasteiger partial charge in [-0.2, -0.15) is 0 Å². The summed E-state index contributed by atoms with van der Waals surface area (Å²) in [6.07, 6.45) is 7.20. The number of rotatable bonds is 5. The average molecular weight is 341 g/mol. The maximum absolute atomic E-state index is 12.1. The van der Waals surface area contributed by atoms with Crippen molar-refractivity contribution in [1.82, 2.24) is 10.2 Å². The zero-order valence-electron chi connectivity index (χ0n) is 16.0. The van der Waals surface area contributed by atoms with Crippen LogP contribution in [0, 0.1) is 5.92 Å². The summed E-state index contributed by atoms with van der Waals surface area (Å²) in [5.41, 5.74) is -0.439. The average Bonchev–Trinajstić information content (AvgIpc) is 2.48. The van der Waals surface area contributed by atoms with Gasteiger partial charge in [0.2, 0.25) is 0 Å². The molecule has 1 saturated carbocycles. The smallest absolute Gasteiger partial charge is 0.407 e. The molecule has 5 heteroatoms. The Morgan fingerprint density at radius 2 is 1.92 bits per heavy atom. The van der Waals surface area contributed by atoms with Gasteiger partial charge in [0.05, 0.1) is 6.10 Å². The Bertz CT molecular complexity index is 393. The summed E-state index contributed by atoms with van der Waals surface area (Å²) < 4.78 is 11.3. The summed E-state index contributed by atoms with van der Waals surface area (Å²) in [6, 6.07) is 0.237. The van der Waals surface area contributed by atoms with Gasteiger partial charge in [0.1, 0.15) is 5.60 Å². The molecule has 0 bridgehead atoms. The van der Waals surface area contributed by atoms with Gasteiger partial charge in [-0.3, -0.25) is 0 Å². The number of piperidine rings is 1. The van der Waals surface area contributed by atoms with Crippen molar-refractivity contribution in [2.45, 2.75) is 84.0 Å². The second-order valence-corrected chi connectivity index (χ2v) is 8.28. The molecule has 1 aliphatic carbocycles. The molecular weight excluding hydrogens is 304 g/mol. The predicted octanol–water partition coefficient (Wildman–Crippen LogP) is 3.57. The molecule has 0 aromatic heterocycles. The van der Waals surface area contributed by atoms with E-state index in [0.29, 0.717) is 12.0 Å². The minimum Gasteiger partial charge on any atom is -0.444 e.